The van der Waals surface area contributed by atoms with E-state index in [0.29, 0.717) is 24.5 Å². The Bertz CT molecular complexity index is 1260. The molecule has 33 heavy (non-hydrogen) atoms. The van der Waals surface area contributed by atoms with Crippen molar-refractivity contribution < 1.29 is 18.7 Å². The predicted molar refractivity (Wildman–Crippen MR) is 128 cm³/mol. The van der Waals surface area contributed by atoms with E-state index < -0.39 is 0 Å². The molecule has 5 rings (SSSR count). The maximum Gasteiger partial charge on any atom is 0.231 e. The minimum absolute atomic E-state index is 0.0989. The largest absolute Gasteiger partial charge is 0.454 e. The zero-order chi connectivity index (χ0) is 22.6. The highest BCUT2D eigenvalue weighted by Crippen LogP contribution is 2.34. The molecule has 0 unspecified atom stereocenters. The molecule has 0 atom stereocenters. The van der Waals surface area contributed by atoms with Gasteiger partial charge in [-0.15, -0.1) is 11.8 Å². The van der Waals surface area contributed by atoms with Crippen LogP contribution in [0.15, 0.2) is 76.7 Å². The average Bonchev–Trinajstić information content (AvgIpc) is 3.21. The summed E-state index contributed by atoms with van der Waals surface area (Å²) in [6, 6.07) is 19.5. The number of aliphatic imine (C=N–C) groups is 2. The average molecular weight is 462 g/mol. The monoisotopic (exact) mass is 461 g/mol. The standard InChI is InChI=1S/C25H20FN3O3S/c26-18-8-6-17(7-9-18)21-12-25(29-20-4-2-1-3-19(20)28-21)33-14-24(30)27-13-16-5-10-22-23(11-16)32-15-31-22/h1-11H,12-15H2,(H,27,30). The molecule has 6 nitrogen and oxygen atoms in total. The fourth-order valence-corrected chi connectivity index (χ4v) is 4.30. The summed E-state index contributed by atoms with van der Waals surface area (Å²) in [5.41, 5.74) is 4.04. The van der Waals surface area contributed by atoms with Gasteiger partial charge in [0.1, 0.15) is 5.82 Å². The maximum absolute atomic E-state index is 13.4. The molecular weight excluding hydrogens is 441 g/mol. The number of para-hydroxylation sites is 2. The molecule has 0 bridgehead atoms. The molecule has 0 saturated heterocycles. The van der Waals surface area contributed by atoms with Gasteiger partial charge in [0.05, 0.1) is 27.9 Å². The van der Waals surface area contributed by atoms with Crippen LogP contribution in [0.2, 0.25) is 0 Å². The van der Waals surface area contributed by atoms with Crippen molar-refractivity contribution in [3.05, 3.63) is 83.7 Å². The van der Waals surface area contributed by atoms with E-state index in [9.17, 15) is 9.18 Å². The van der Waals surface area contributed by atoms with Gasteiger partial charge < -0.3 is 14.8 Å². The number of nitrogens with zero attached hydrogens (tertiary/aromatic N) is 2. The lowest BCUT2D eigenvalue weighted by atomic mass is 10.1. The minimum Gasteiger partial charge on any atom is -0.454 e. The number of thioether (sulfide) groups is 1. The Morgan fingerprint density at radius 2 is 1.73 bits per heavy atom. The van der Waals surface area contributed by atoms with Crippen LogP contribution < -0.4 is 14.8 Å². The summed E-state index contributed by atoms with van der Waals surface area (Å²) in [7, 11) is 0. The maximum atomic E-state index is 13.4. The van der Waals surface area contributed by atoms with Gasteiger partial charge in [0, 0.05) is 13.0 Å². The molecular formula is C25H20FN3O3S. The summed E-state index contributed by atoms with van der Waals surface area (Å²) >= 11 is 1.38. The summed E-state index contributed by atoms with van der Waals surface area (Å²) < 4.78 is 24.1. The molecule has 2 heterocycles. The van der Waals surface area contributed by atoms with Crippen molar-refractivity contribution in [1.82, 2.24) is 5.32 Å². The molecule has 3 aromatic carbocycles. The van der Waals surface area contributed by atoms with Crippen molar-refractivity contribution >= 4 is 39.8 Å². The number of nitrogens with one attached hydrogen (secondary N) is 1. The lowest BCUT2D eigenvalue weighted by Crippen LogP contribution is -2.25. The Hall–Kier alpha value is -3.65. The van der Waals surface area contributed by atoms with Crippen LogP contribution in [0.25, 0.3) is 0 Å². The van der Waals surface area contributed by atoms with Crippen LogP contribution in [0.3, 0.4) is 0 Å². The zero-order valence-corrected chi connectivity index (χ0v) is 18.4. The molecule has 0 saturated carbocycles. The van der Waals surface area contributed by atoms with Gasteiger partial charge in [0.25, 0.3) is 0 Å². The third kappa shape index (κ3) is 5.06. The van der Waals surface area contributed by atoms with Crippen LogP contribution in [-0.4, -0.2) is 29.2 Å². The first-order valence-electron chi connectivity index (χ1n) is 10.4. The van der Waals surface area contributed by atoms with Crippen molar-refractivity contribution in [1.29, 1.82) is 0 Å². The van der Waals surface area contributed by atoms with Crippen molar-refractivity contribution in [3.63, 3.8) is 0 Å². The van der Waals surface area contributed by atoms with Gasteiger partial charge in [-0.25, -0.2) is 9.38 Å². The van der Waals surface area contributed by atoms with Gasteiger partial charge >= 0.3 is 0 Å². The number of amides is 1. The lowest BCUT2D eigenvalue weighted by Gasteiger charge is -2.09. The summed E-state index contributed by atoms with van der Waals surface area (Å²) in [5, 5.41) is 3.71. The second-order valence-corrected chi connectivity index (χ2v) is 8.54. The molecule has 0 aromatic heterocycles. The predicted octanol–water partition coefficient (Wildman–Crippen LogP) is 5.16. The highest BCUT2D eigenvalue weighted by atomic mass is 32.2. The second kappa shape index (κ2) is 9.46. The van der Waals surface area contributed by atoms with Gasteiger partial charge in [-0.05, 0) is 47.5 Å². The van der Waals surface area contributed by atoms with E-state index in [2.05, 4.69) is 5.32 Å². The van der Waals surface area contributed by atoms with Crippen LogP contribution in [-0.2, 0) is 11.3 Å². The molecule has 1 N–H and O–H groups in total. The lowest BCUT2D eigenvalue weighted by molar-refractivity contribution is -0.118. The third-order valence-electron chi connectivity index (χ3n) is 5.17. The molecule has 0 spiro atoms. The first kappa shape index (κ1) is 21.2. The van der Waals surface area contributed by atoms with Crippen molar-refractivity contribution in [3.8, 4) is 11.5 Å². The molecule has 2 aliphatic heterocycles. The highest BCUT2D eigenvalue weighted by molar-refractivity contribution is 8.14. The quantitative estimate of drug-likeness (QED) is 0.570. The van der Waals surface area contributed by atoms with Crippen molar-refractivity contribution in [2.45, 2.75) is 13.0 Å². The molecule has 2 aliphatic rings. The highest BCUT2D eigenvalue weighted by Gasteiger charge is 2.17. The number of ether oxygens (including phenoxy) is 2. The van der Waals surface area contributed by atoms with E-state index in [1.54, 1.807) is 12.1 Å². The van der Waals surface area contributed by atoms with Crippen LogP contribution in [0.1, 0.15) is 17.5 Å². The number of rotatable bonds is 5. The van der Waals surface area contributed by atoms with Gasteiger partial charge in [-0.1, -0.05) is 30.3 Å². The van der Waals surface area contributed by atoms with Crippen LogP contribution in [0, 0.1) is 5.82 Å². The summed E-state index contributed by atoms with van der Waals surface area (Å²) in [5.74, 6) is 1.23. The number of fused-ring (bicyclic) bond motifs is 2. The normalized spacial score (nSPS) is 14.1. The number of carbonyl (C=O) groups excluding carboxylic acids is 1. The minimum atomic E-state index is -0.296. The van der Waals surface area contributed by atoms with E-state index >= 15 is 0 Å². The van der Waals surface area contributed by atoms with Gasteiger partial charge in [-0.2, -0.15) is 0 Å². The second-order valence-electron chi connectivity index (χ2n) is 7.49. The summed E-state index contributed by atoms with van der Waals surface area (Å²) in [6.07, 6.45) is 0.459. The molecule has 0 fully saturated rings. The van der Waals surface area contributed by atoms with Gasteiger partial charge in [0.2, 0.25) is 12.7 Å². The molecule has 1 amide bonds. The fraction of sp³-hybridized carbons (Fsp3) is 0.160. The number of hydrogen-bond donors (Lipinski definition) is 1. The SMILES string of the molecule is O=C(CSC1=Nc2ccccc2N=C(c2ccc(F)cc2)C1)NCc1ccc2c(c1)OCO2. The smallest absolute Gasteiger partial charge is 0.231 e. The van der Waals surface area contributed by atoms with Crippen molar-refractivity contribution in [2.75, 3.05) is 12.5 Å². The summed E-state index contributed by atoms with van der Waals surface area (Å²) in [6.45, 7) is 0.615. The van der Waals surface area contributed by atoms with Gasteiger partial charge in [-0.3, -0.25) is 9.79 Å². The third-order valence-corrected chi connectivity index (χ3v) is 6.15. The van der Waals surface area contributed by atoms with E-state index in [-0.39, 0.29) is 24.3 Å². The Labute approximate surface area is 194 Å². The first-order chi connectivity index (χ1) is 16.1. The molecule has 0 radical (unpaired) electrons. The van der Waals surface area contributed by atoms with Crippen LogP contribution >= 0.6 is 11.8 Å². The van der Waals surface area contributed by atoms with Crippen LogP contribution in [0.5, 0.6) is 11.5 Å². The molecule has 8 heteroatoms. The molecule has 3 aromatic rings. The number of benzene rings is 3. The Morgan fingerprint density at radius 3 is 2.55 bits per heavy atom. The Kier molecular flexibility index (Phi) is 6.08. The number of halogens is 1. The fourth-order valence-electron chi connectivity index (χ4n) is 3.50. The van der Waals surface area contributed by atoms with Gasteiger partial charge in [0.15, 0.2) is 11.5 Å². The van der Waals surface area contributed by atoms with Crippen molar-refractivity contribution in [2.24, 2.45) is 9.98 Å². The first-order valence-corrected chi connectivity index (χ1v) is 11.4. The zero-order valence-electron chi connectivity index (χ0n) is 17.6. The summed E-state index contributed by atoms with van der Waals surface area (Å²) in [4.78, 5) is 22.0. The van der Waals surface area contributed by atoms with Crippen LogP contribution in [0.4, 0.5) is 15.8 Å². The molecule has 166 valence electrons. The Balaban J connectivity index is 1.25. The topological polar surface area (TPSA) is 72.3 Å². The Morgan fingerprint density at radius 1 is 0.970 bits per heavy atom. The number of hydrogen-bond acceptors (Lipinski definition) is 6. The van der Waals surface area contributed by atoms with E-state index in [1.807, 2.05) is 42.5 Å². The van der Waals surface area contributed by atoms with E-state index in [1.165, 1.54) is 23.9 Å². The van der Waals surface area contributed by atoms with E-state index in [0.717, 1.165) is 33.3 Å². The molecule has 0 aliphatic carbocycles. The van der Waals surface area contributed by atoms with E-state index in [4.69, 9.17) is 19.5 Å². The number of carbonyl (C=O) groups is 1.